The van der Waals surface area contributed by atoms with E-state index >= 15 is 0 Å². The second kappa shape index (κ2) is 8.56. The molecule has 4 heteroatoms. The van der Waals surface area contributed by atoms with E-state index in [1.807, 2.05) is 42.5 Å². The topological polar surface area (TPSA) is 47.6 Å². The molecular formula is C21H25NO3. The molecule has 3 rings (SSSR count). The molecule has 25 heavy (non-hydrogen) atoms. The summed E-state index contributed by atoms with van der Waals surface area (Å²) >= 11 is 0. The monoisotopic (exact) mass is 339 g/mol. The minimum absolute atomic E-state index is 0.00674. The minimum atomic E-state index is 0.00674. The van der Waals surface area contributed by atoms with E-state index in [9.17, 15) is 4.79 Å². The molecule has 1 aliphatic rings. The highest BCUT2D eigenvalue weighted by molar-refractivity contribution is 5.90. The number of hydrogen-bond donors (Lipinski definition) is 1. The Morgan fingerprint density at radius 1 is 1.08 bits per heavy atom. The number of carbonyl (C=O) groups is 1. The van der Waals surface area contributed by atoms with Gasteiger partial charge >= 0.3 is 0 Å². The summed E-state index contributed by atoms with van der Waals surface area (Å²) in [6.45, 7) is 0. The maximum Gasteiger partial charge on any atom is 0.224 e. The van der Waals surface area contributed by atoms with E-state index in [-0.39, 0.29) is 5.91 Å². The van der Waals surface area contributed by atoms with Crippen LogP contribution >= 0.6 is 0 Å². The van der Waals surface area contributed by atoms with E-state index in [2.05, 4.69) is 11.4 Å². The van der Waals surface area contributed by atoms with Gasteiger partial charge in [0.05, 0.1) is 13.2 Å². The van der Waals surface area contributed by atoms with Crippen LogP contribution in [0.5, 0.6) is 11.5 Å². The van der Waals surface area contributed by atoms with Gasteiger partial charge in [-0.2, -0.15) is 0 Å². The molecule has 0 aromatic heterocycles. The van der Waals surface area contributed by atoms with Gasteiger partial charge in [-0.15, -0.1) is 0 Å². The Labute approximate surface area is 149 Å². The van der Waals surface area contributed by atoms with Crippen LogP contribution in [-0.4, -0.2) is 19.1 Å². The van der Waals surface area contributed by atoms with Crippen LogP contribution in [-0.2, 0) is 11.2 Å². The molecule has 1 fully saturated rings. The Hall–Kier alpha value is -2.49. The van der Waals surface area contributed by atoms with Crippen LogP contribution in [0.25, 0.3) is 0 Å². The number of rotatable bonds is 7. The molecule has 0 aliphatic heterocycles. The fourth-order valence-electron chi connectivity index (χ4n) is 3.13. The molecule has 2 aromatic carbocycles. The Morgan fingerprint density at radius 3 is 2.56 bits per heavy atom. The molecule has 1 N–H and O–H groups in total. The van der Waals surface area contributed by atoms with Gasteiger partial charge in [0, 0.05) is 12.1 Å². The number of aryl methyl sites for hydroxylation is 1. The Morgan fingerprint density at radius 2 is 1.84 bits per heavy atom. The fraction of sp³-hybridized carbons (Fsp3) is 0.381. The van der Waals surface area contributed by atoms with Gasteiger partial charge in [0.25, 0.3) is 0 Å². The lowest BCUT2D eigenvalue weighted by molar-refractivity contribution is -0.116. The van der Waals surface area contributed by atoms with Gasteiger partial charge in [-0.05, 0) is 74.1 Å². The fourth-order valence-corrected chi connectivity index (χ4v) is 3.13. The van der Waals surface area contributed by atoms with Gasteiger partial charge in [0.1, 0.15) is 11.5 Å². The average molecular weight is 339 g/mol. The van der Waals surface area contributed by atoms with E-state index in [0.717, 1.165) is 35.6 Å². The Balaban J connectivity index is 1.49. The number of ether oxygens (including phenoxy) is 2. The Kier molecular flexibility index (Phi) is 5.94. The maximum atomic E-state index is 12.1. The quantitative estimate of drug-likeness (QED) is 0.803. The lowest BCUT2D eigenvalue weighted by Gasteiger charge is -2.14. The third-order valence-corrected chi connectivity index (χ3v) is 4.52. The highest BCUT2D eigenvalue weighted by Gasteiger charge is 2.16. The molecule has 132 valence electrons. The zero-order chi connectivity index (χ0) is 17.5. The van der Waals surface area contributed by atoms with Gasteiger partial charge in [0.2, 0.25) is 5.91 Å². The van der Waals surface area contributed by atoms with Crippen molar-refractivity contribution in [1.82, 2.24) is 0 Å². The van der Waals surface area contributed by atoms with Gasteiger partial charge in [-0.25, -0.2) is 0 Å². The molecule has 2 aromatic rings. The Bertz CT molecular complexity index is 691. The van der Waals surface area contributed by atoms with Crippen LogP contribution in [0.1, 0.15) is 37.7 Å². The third-order valence-electron chi connectivity index (χ3n) is 4.52. The van der Waals surface area contributed by atoms with Crippen LogP contribution in [0.2, 0.25) is 0 Å². The molecule has 0 atom stereocenters. The molecule has 0 bridgehead atoms. The van der Waals surface area contributed by atoms with Crippen molar-refractivity contribution in [3.63, 3.8) is 0 Å². The molecule has 0 spiro atoms. The zero-order valence-corrected chi connectivity index (χ0v) is 14.7. The average Bonchev–Trinajstić information content (AvgIpc) is 3.14. The van der Waals surface area contributed by atoms with Crippen molar-refractivity contribution in [3.05, 3.63) is 54.1 Å². The zero-order valence-electron chi connectivity index (χ0n) is 14.7. The summed E-state index contributed by atoms with van der Waals surface area (Å²) in [7, 11) is 1.62. The van der Waals surface area contributed by atoms with Gasteiger partial charge in [-0.3, -0.25) is 4.79 Å². The third kappa shape index (κ3) is 5.24. The molecule has 1 aliphatic carbocycles. The first-order valence-electron chi connectivity index (χ1n) is 8.92. The molecule has 1 amide bonds. The van der Waals surface area contributed by atoms with Crippen LogP contribution in [0, 0.1) is 0 Å². The van der Waals surface area contributed by atoms with Crippen molar-refractivity contribution >= 4 is 11.6 Å². The summed E-state index contributed by atoms with van der Waals surface area (Å²) in [5.74, 6) is 1.70. The molecule has 0 saturated heterocycles. The van der Waals surface area contributed by atoms with E-state index < -0.39 is 0 Å². The van der Waals surface area contributed by atoms with Crippen molar-refractivity contribution in [2.75, 3.05) is 12.4 Å². The predicted octanol–water partition coefficient (Wildman–Crippen LogP) is 4.59. The lowest BCUT2D eigenvalue weighted by atomic mass is 10.1. The first-order valence-corrected chi connectivity index (χ1v) is 8.92. The van der Waals surface area contributed by atoms with Crippen LogP contribution < -0.4 is 14.8 Å². The number of hydrogen-bond acceptors (Lipinski definition) is 3. The standard InChI is InChI=1S/C21H25NO3/c1-24-18-12-10-17(11-13-18)22-21(23)14-9-16-5-4-8-20(15-16)25-19-6-2-3-7-19/h4-5,8,10-13,15,19H,2-3,6-7,9,14H2,1H3,(H,22,23). The maximum absolute atomic E-state index is 12.1. The summed E-state index contributed by atoms with van der Waals surface area (Å²) in [4.78, 5) is 12.1. The normalized spacial score (nSPS) is 14.3. The van der Waals surface area contributed by atoms with Crippen molar-refractivity contribution in [2.45, 2.75) is 44.6 Å². The molecule has 0 unspecified atom stereocenters. The molecule has 0 radical (unpaired) electrons. The molecule has 1 saturated carbocycles. The second-order valence-corrected chi connectivity index (χ2v) is 6.45. The number of benzene rings is 2. The number of amides is 1. The minimum Gasteiger partial charge on any atom is -0.497 e. The summed E-state index contributed by atoms with van der Waals surface area (Å²) in [6.07, 6.45) is 6.31. The number of anilines is 1. The van der Waals surface area contributed by atoms with Gasteiger partial charge < -0.3 is 14.8 Å². The SMILES string of the molecule is COc1ccc(NC(=O)CCc2cccc(OC3CCCC3)c2)cc1. The predicted molar refractivity (Wildman–Crippen MR) is 99.3 cm³/mol. The van der Waals surface area contributed by atoms with Crippen LogP contribution in [0.3, 0.4) is 0 Å². The van der Waals surface area contributed by atoms with Crippen LogP contribution in [0.15, 0.2) is 48.5 Å². The second-order valence-electron chi connectivity index (χ2n) is 6.45. The first kappa shape index (κ1) is 17.3. The summed E-state index contributed by atoms with van der Waals surface area (Å²) in [5.41, 5.74) is 1.91. The van der Waals surface area contributed by atoms with Gasteiger partial charge in [0.15, 0.2) is 0 Å². The molecule has 0 heterocycles. The summed E-state index contributed by atoms with van der Waals surface area (Å²) < 4.78 is 11.1. The number of methoxy groups -OCH3 is 1. The largest absolute Gasteiger partial charge is 0.497 e. The van der Waals surface area contributed by atoms with E-state index in [4.69, 9.17) is 9.47 Å². The van der Waals surface area contributed by atoms with E-state index in [0.29, 0.717) is 18.9 Å². The van der Waals surface area contributed by atoms with Crippen molar-refractivity contribution in [2.24, 2.45) is 0 Å². The van der Waals surface area contributed by atoms with Crippen LogP contribution in [0.4, 0.5) is 5.69 Å². The smallest absolute Gasteiger partial charge is 0.224 e. The van der Waals surface area contributed by atoms with E-state index in [1.165, 1.54) is 12.8 Å². The highest BCUT2D eigenvalue weighted by Crippen LogP contribution is 2.25. The first-order chi connectivity index (χ1) is 12.2. The number of carbonyl (C=O) groups excluding carboxylic acids is 1. The van der Waals surface area contributed by atoms with Crippen molar-refractivity contribution in [1.29, 1.82) is 0 Å². The highest BCUT2D eigenvalue weighted by atomic mass is 16.5. The van der Waals surface area contributed by atoms with Crippen molar-refractivity contribution < 1.29 is 14.3 Å². The molecular weight excluding hydrogens is 314 g/mol. The molecule has 4 nitrogen and oxygen atoms in total. The van der Waals surface area contributed by atoms with Crippen molar-refractivity contribution in [3.8, 4) is 11.5 Å². The number of nitrogens with one attached hydrogen (secondary N) is 1. The summed E-state index contributed by atoms with van der Waals surface area (Å²) in [6, 6.07) is 15.4. The van der Waals surface area contributed by atoms with E-state index in [1.54, 1.807) is 7.11 Å². The summed E-state index contributed by atoms with van der Waals surface area (Å²) in [5, 5.41) is 2.91. The van der Waals surface area contributed by atoms with Gasteiger partial charge in [-0.1, -0.05) is 12.1 Å². The lowest BCUT2D eigenvalue weighted by Crippen LogP contribution is -2.13.